The highest BCUT2D eigenvalue weighted by Gasteiger charge is 2.35. The fourth-order valence-electron chi connectivity index (χ4n) is 2.45. The Morgan fingerprint density at radius 2 is 2.00 bits per heavy atom. The first-order chi connectivity index (χ1) is 8.95. The molecule has 0 radical (unpaired) electrons. The molecule has 0 aliphatic heterocycles. The first-order valence-corrected chi connectivity index (χ1v) is 7.31. The normalized spacial score (nSPS) is 15.5. The fourth-order valence-corrected chi connectivity index (χ4v) is 2.45. The first-order valence-electron chi connectivity index (χ1n) is 7.31. The predicted molar refractivity (Wildman–Crippen MR) is 79.2 cm³/mol. The van der Waals surface area contributed by atoms with E-state index in [4.69, 9.17) is 4.74 Å². The van der Waals surface area contributed by atoms with Gasteiger partial charge in [0.15, 0.2) is 0 Å². The lowest BCUT2D eigenvalue weighted by Crippen LogP contribution is -2.43. The fraction of sp³-hybridized carbons (Fsp3) is 0.800. The zero-order valence-corrected chi connectivity index (χ0v) is 13.2. The van der Waals surface area contributed by atoms with Gasteiger partial charge < -0.3 is 14.6 Å². The van der Waals surface area contributed by atoms with Crippen LogP contribution in [0.3, 0.4) is 0 Å². The molecule has 1 aromatic rings. The van der Waals surface area contributed by atoms with E-state index in [1.165, 1.54) is 0 Å². The molecular formula is C15H29N3O. The van der Waals surface area contributed by atoms with Gasteiger partial charge in [0.2, 0.25) is 0 Å². The average molecular weight is 267 g/mol. The van der Waals surface area contributed by atoms with Crippen LogP contribution in [0.25, 0.3) is 0 Å². The van der Waals surface area contributed by atoms with E-state index in [-0.39, 0.29) is 17.6 Å². The van der Waals surface area contributed by atoms with Crippen molar-refractivity contribution in [3.8, 4) is 0 Å². The molecule has 1 heterocycles. The number of ether oxygens (including phenoxy) is 1. The van der Waals surface area contributed by atoms with Gasteiger partial charge in [-0.1, -0.05) is 27.7 Å². The molecule has 110 valence electrons. The van der Waals surface area contributed by atoms with E-state index >= 15 is 0 Å². The summed E-state index contributed by atoms with van der Waals surface area (Å²) in [6.45, 7) is 15.5. The molecule has 0 bridgehead atoms. The van der Waals surface area contributed by atoms with Gasteiger partial charge in [-0.25, -0.2) is 4.98 Å². The maximum atomic E-state index is 6.03. The highest BCUT2D eigenvalue weighted by Crippen LogP contribution is 2.32. The van der Waals surface area contributed by atoms with E-state index in [1.807, 2.05) is 19.3 Å². The molecule has 0 amide bonds. The third-order valence-corrected chi connectivity index (χ3v) is 3.29. The quantitative estimate of drug-likeness (QED) is 0.825. The standard InChI is InChI=1S/C15H29N3O/c1-7-16-12(13(19-9-3)15(4,5)6)14-17-10-11-18(14)8-2/h10-13,16H,7-9H2,1-6H3. The minimum absolute atomic E-state index is 0.0629. The van der Waals surface area contributed by atoms with Crippen LogP contribution in [0.5, 0.6) is 0 Å². The molecule has 2 unspecified atom stereocenters. The monoisotopic (exact) mass is 267 g/mol. The number of aryl methyl sites for hydroxylation is 1. The molecule has 1 N–H and O–H groups in total. The summed E-state index contributed by atoms with van der Waals surface area (Å²) in [6, 6.07) is 0.125. The van der Waals surface area contributed by atoms with Gasteiger partial charge >= 0.3 is 0 Å². The summed E-state index contributed by atoms with van der Waals surface area (Å²) in [4.78, 5) is 4.54. The maximum Gasteiger partial charge on any atom is 0.128 e. The van der Waals surface area contributed by atoms with E-state index in [1.54, 1.807) is 0 Å². The van der Waals surface area contributed by atoms with Crippen LogP contribution in [-0.2, 0) is 11.3 Å². The Bertz CT molecular complexity index is 368. The summed E-state index contributed by atoms with van der Waals surface area (Å²) in [5, 5.41) is 3.54. The largest absolute Gasteiger partial charge is 0.376 e. The van der Waals surface area contributed by atoms with Crippen LogP contribution in [0.2, 0.25) is 0 Å². The van der Waals surface area contributed by atoms with Gasteiger partial charge in [-0.05, 0) is 25.8 Å². The van der Waals surface area contributed by atoms with Crippen LogP contribution in [0.1, 0.15) is 53.4 Å². The van der Waals surface area contributed by atoms with Crippen molar-refractivity contribution >= 4 is 0 Å². The van der Waals surface area contributed by atoms with Crippen molar-refractivity contribution in [2.24, 2.45) is 5.41 Å². The van der Waals surface area contributed by atoms with Gasteiger partial charge in [-0.2, -0.15) is 0 Å². The second-order valence-corrected chi connectivity index (χ2v) is 5.85. The number of nitrogens with one attached hydrogen (secondary N) is 1. The Balaban J connectivity index is 3.10. The lowest BCUT2D eigenvalue weighted by Gasteiger charge is -2.37. The van der Waals surface area contributed by atoms with Crippen molar-refractivity contribution in [3.05, 3.63) is 18.2 Å². The molecular weight excluding hydrogens is 238 g/mol. The van der Waals surface area contributed by atoms with Crippen LogP contribution in [0.4, 0.5) is 0 Å². The number of nitrogens with zero attached hydrogens (tertiary/aromatic N) is 2. The van der Waals surface area contributed by atoms with E-state index in [9.17, 15) is 0 Å². The summed E-state index contributed by atoms with van der Waals surface area (Å²) in [5.41, 5.74) is 0.0629. The van der Waals surface area contributed by atoms with Gasteiger partial charge in [-0.3, -0.25) is 0 Å². The average Bonchev–Trinajstić information content (AvgIpc) is 2.80. The summed E-state index contributed by atoms with van der Waals surface area (Å²) >= 11 is 0. The minimum Gasteiger partial charge on any atom is -0.376 e. The van der Waals surface area contributed by atoms with Crippen molar-refractivity contribution in [1.29, 1.82) is 0 Å². The van der Waals surface area contributed by atoms with E-state index < -0.39 is 0 Å². The Hall–Kier alpha value is -0.870. The third kappa shape index (κ3) is 4.05. The Morgan fingerprint density at radius 1 is 1.32 bits per heavy atom. The topological polar surface area (TPSA) is 39.1 Å². The molecule has 2 atom stereocenters. The van der Waals surface area contributed by atoms with Crippen molar-refractivity contribution in [2.75, 3.05) is 13.2 Å². The molecule has 0 fully saturated rings. The zero-order chi connectivity index (χ0) is 14.5. The lowest BCUT2D eigenvalue weighted by atomic mass is 9.84. The number of hydrogen-bond acceptors (Lipinski definition) is 3. The molecule has 0 aromatic carbocycles. The SMILES string of the molecule is CCNC(c1nccn1CC)C(OCC)C(C)(C)C. The van der Waals surface area contributed by atoms with Crippen LogP contribution in [0, 0.1) is 5.41 Å². The predicted octanol–water partition coefficient (Wildman–Crippen LogP) is 3.00. The first kappa shape index (κ1) is 16.2. The molecule has 0 spiro atoms. The van der Waals surface area contributed by atoms with Crippen molar-refractivity contribution in [1.82, 2.24) is 14.9 Å². The third-order valence-electron chi connectivity index (χ3n) is 3.29. The van der Waals surface area contributed by atoms with Crippen LogP contribution in [0.15, 0.2) is 12.4 Å². The Labute approximate surface area is 117 Å². The molecule has 0 saturated heterocycles. The van der Waals surface area contributed by atoms with Crippen molar-refractivity contribution in [3.63, 3.8) is 0 Å². The highest BCUT2D eigenvalue weighted by atomic mass is 16.5. The molecule has 19 heavy (non-hydrogen) atoms. The van der Waals surface area contributed by atoms with Crippen LogP contribution < -0.4 is 5.32 Å². The Morgan fingerprint density at radius 3 is 2.47 bits per heavy atom. The van der Waals surface area contributed by atoms with Gasteiger partial charge in [0.1, 0.15) is 5.82 Å². The number of hydrogen-bond donors (Lipinski definition) is 1. The molecule has 0 aliphatic carbocycles. The van der Waals surface area contributed by atoms with Gasteiger partial charge in [0.25, 0.3) is 0 Å². The molecule has 4 heteroatoms. The Kier molecular flexibility index (Phi) is 6.01. The number of rotatable bonds is 7. The van der Waals surface area contributed by atoms with Crippen LogP contribution >= 0.6 is 0 Å². The lowest BCUT2D eigenvalue weighted by molar-refractivity contribution is -0.0387. The van der Waals surface area contributed by atoms with Gasteiger partial charge in [-0.15, -0.1) is 0 Å². The van der Waals surface area contributed by atoms with E-state index in [0.717, 1.165) is 25.5 Å². The summed E-state index contributed by atoms with van der Waals surface area (Å²) < 4.78 is 8.21. The molecule has 0 aliphatic rings. The molecule has 1 aromatic heterocycles. The van der Waals surface area contributed by atoms with E-state index in [0.29, 0.717) is 0 Å². The molecule has 0 saturated carbocycles. The summed E-state index contributed by atoms with van der Waals surface area (Å²) in [5.74, 6) is 1.07. The van der Waals surface area contributed by atoms with Crippen molar-refractivity contribution in [2.45, 2.75) is 60.2 Å². The van der Waals surface area contributed by atoms with E-state index in [2.05, 4.69) is 49.5 Å². The van der Waals surface area contributed by atoms with Crippen LogP contribution in [-0.4, -0.2) is 28.8 Å². The second-order valence-electron chi connectivity index (χ2n) is 5.85. The smallest absolute Gasteiger partial charge is 0.128 e. The number of likely N-dealkylation sites (N-methyl/N-ethyl adjacent to an activating group) is 1. The number of imidazole rings is 1. The van der Waals surface area contributed by atoms with Crippen molar-refractivity contribution < 1.29 is 4.74 Å². The van der Waals surface area contributed by atoms with Gasteiger partial charge in [0.05, 0.1) is 12.1 Å². The highest BCUT2D eigenvalue weighted by molar-refractivity contribution is 5.05. The van der Waals surface area contributed by atoms with Gasteiger partial charge in [0, 0.05) is 25.5 Å². The maximum absolute atomic E-state index is 6.03. The minimum atomic E-state index is 0.0629. The summed E-state index contributed by atoms with van der Waals surface area (Å²) in [7, 11) is 0. The molecule has 1 rings (SSSR count). The summed E-state index contributed by atoms with van der Waals surface area (Å²) in [6.07, 6.45) is 4.00. The number of aromatic nitrogens is 2. The zero-order valence-electron chi connectivity index (χ0n) is 13.2. The second kappa shape index (κ2) is 7.06. The molecule has 4 nitrogen and oxygen atoms in total.